The fraction of sp³-hybridized carbons (Fsp3) is 0.522. The van der Waals surface area contributed by atoms with Crippen LogP contribution in [-0.2, 0) is 17.8 Å². The molecule has 3 heterocycles. The van der Waals surface area contributed by atoms with Gasteiger partial charge in [0.25, 0.3) is 5.91 Å². The highest BCUT2D eigenvalue weighted by molar-refractivity contribution is 5.93. The Balaban J connectivity index is 1.37. The number of carbonyl (C=O) groups is 2. The first-order chi connectivity index (χ1) is 14.9. The maximum Gasteiger partial charge on any atom is 0.274 e. The van der Waals surface area contributed by atoms with Crippen molar-refractivity contribution in [1.29, 1.82) is 0 Å². The van der Waals surface area contributed by atoms with Gasteiger partial charge in [-0.2, -0.15) is 5.10 Å². The van der Waals surface area contributed by atoms with E-state index in [0.29, 0.717) is 31.9 Å². The van der Waals surface area contributed by atoms with Gasteiger partial charge in [-0.1, -0.05) is 12.1 Å². The zero-order valence-corrected chi connectivity index (χ0v) is 18.5. The molecule has 1 aromatic carbocycles. The summed E-state index contributed by atoms with van der Waals surface area (Å²) in [5.74, 6) is 0.754. The Morgan fingerprint density at radius 1 is 1.26 bits per heavy atom. The molecule has 0 aliphatic carbocycles. The number of fused-ring (bicyclic) bond motifs is 1. The zero-order valence-electron chi connectivity index (χ0n) is 18.5. The number of carbonyl (C=O) groups excluding carboxylic acids is 2. The smallest absolute Gasteiger partial charge is 0.274 e. The van der Waals surface area contributed by atoms with Gasteiger partial charge >= 0.3 is 0 Å². The predicted octanol–water partition coefficient (Wildman–Crippen LogP) is 1.86. The molecule has 1 saturated heterocycles. The van der Waals surface area contributed by atoms with E-state index in [9.17, 15) is 9.59 Å². The Kier molecular flexibility index (Phi) is 6.27. The third kappa shape index (κ3) is 4.74. The van der Waals surface area contributed by atoms with Crippen LogP contribution < -0.4 is 10.1 Å². The monoisotopic (exact) mass is 425 g/mol. The summed E-state index contributed by atoms with van der Waals surface area (Å²) in [6.07, 6.45) is 3.85. The van der Waals surface area contributed by atoms with Crippen molar-refractivity contribution in [3.8, 4) is 5.75 Å². The van der Waals surface area contributed by atoms with Crippen LogP contribution in [0.1, 0.15) is 47.9 Å². The van der Waals surface area contributed by atoms with Crippen LogP contribution in [0.5, 0.6) is 5.75 Å². The molecule has 2 aliphatic rings. The van der Waals surface area contributed by atoms with Gasteiger partial charge in [-0.05, 0) is 57.0 Å². The van der Waals surface area contributed by atoms with Crippen LogP contribution >= 0.6 is 0 Å². The lowest BCUT2D eigenvalue weighted by Gasteiger charge is -2.38. The van der Waals surface area contributed by atoms with Crippen LogP contribution in [0.2, 0.25) is 0 Å². The Labute approximate surface area is 183 Å². The second-order valence-corrected chi connectivity index (χ2v) is 8.63. The molecule has 0 radical (unpaired) electrons. The number of rotatable bonds is 5. The number of hydrogen-bond acceptors (Lipinski definition) is 5. The molecule has 0 unspecified atom stereocenters. The summed E-state index contributed by atoms with van der Waals surface area (Å²) in [7, 11) is 1.93. The number of benzene rings is 1. The van der Waals surface area contributed by atoms with Crippen molar-refractivity contribution in [1.82, 2.24) is 24.9 Å². The Morgan fingerprint density at radius 3 is 2.87 bits per heavy atom. The lowest BCUT2D eigenvalue weighted by Crippen LogP contribution is -2.58. The fourth-order valence-electron chi connectivity index (χ4n) is 4.07. The van der Waals surface area contributed by atoms with Crippen molar-refractivity contribution in [3.05, 3.63) is 47.3 Å². The molecule has 31 heavy (non-hydrogen) atoms. The van der Waals surface area contributed by atoms with Gasteiger partial charge in [-0.15, -0.1) is 0 Å². The summed E-state index contributed by atoms with van der Waals surface area (Å²) >= 11 is 0. The largest absolute Gasteiger partial charge is 0.493 e. The number of aryl methyl sites for hydroxylation is 1. The summed E-state index contributed by atoms with van der Waals surface area (Å²) in [4.78, 5) is 29.6. The van der Waals surface area contributed by atoms with Gasteiger partial charge in [0.05, 0.1) is 6.61 Å². The van der Waals surface area contributed by atoms with Crippen LogP contribution in [0, 0.1) is 0 Å². The molecule has 2 aliphatic heterocycles. The second-order valence-electron chi connectivity index (χ2n) is 8.63. The molecule has 1 N–H and O–H groups in total. The third-order valence-corrected chi connectivity index (χ3v) is 6.03. The molecule has 166 valence electrons. The SMILES string of the molecule is CC(C)n1ccc(C(=O)N2CCN(C)[C@H](C(=O)NCc3ccc4c(c3)CCCO4)C2)n1. The number of aromatic nitrogens is 2. The van der Waals surface area contributed by atoms with Crippen molar-refractivity contribution in [2.75, 3.05) is 33.3 Å². The number of nitrogens with one attached hydrogen (secondary N) is 1. The molecule has 2 amide bonds. The van der Waals surface area contributed by atoms with Gasteiger partial charge in [-0.3, -0.25) is 19.2 Å². The van der Waals surface area contributed by atoms with Gasteiger partial charge < -0.3 is 15.0 Å². The van der Waals surface area contributed by atoms with Gasteiger partial charge in [-0.25, -0.2) is 0 Å². The van der Waals surface area contributed by atoms with Gasteiger partial charge in [0.1, 0.15) is 17.5 Å². The minimum absolute atomic E-state index is 0.0679. The molecule has 2 aromatic rings. The molecule has 1 atom stereocenters. The molecule has 0 bridgehead atoms. The number of ether oxygens (including phenoxy) is 1. The van der Waals surface area contributed by atoms with Crippen molar-refractivity contribution in [3.63, 3.8) is 0 Å². The molecule has 0 spiro atoms. The molecular weight excluding hydrogens is 394 g/mol. The highest BCUT2D eigenvalue weighted by Crippen LogP contribution is 2.25. The van der Waals surface area contributed by atoms with Crippen molar-refractivity contribution in [2.45, 2.75) is 45.3 Å². The van der Waals surface area contributed by atoms with Crippen LogP contribution in [0.4, 0.5) is 0 Å². The molecule has 8 nitrogen and oxygen atoms in total. The number of piperazine rings is 1. The first-order valence-electron chi connectivity index (χ1n) is 11.0. The third-order valence-electron chi connectivity index (χ3n) is 6.03. The molecule has 4 rings (SSSR count). The van der Waals surface area contributed by atoms with E-state index in [-0.39, 0.29) is 23.9 Å². The summed E-state index contributed by atoms with van der Waals surface area (Å²) in [5.41, 5.74) is 2.68. The highest BCUT2D eigenvalue weighted by atomic mass is 16.5. The maximum atomic E-state index is 12.9. The number of nitrogens with zero attached hydrogens (tertiary/aromatic N) is 4. The van der Waals surface area contributed by atoms with E-state index in [1.54, 1.807) is 15.6 Å². The normalized spacial score (nSPS) is 19.1. The van der Waals surface area contributed by atoms with Crippen LogP contribution in [0.15, 0.2) is 30.5 Å². The summed E-state index contributed by atoms with van der Waals surface area (Å²) in [6, 6.07) is 7.65. The first kappa shape index (κ1) is 21.4. The van der Waals surface area contributed by atoms with E-state index in [2.05, 4.69) is 16.5 Å². The average molecular weight is 426 g/mol. The first-order valence-corrected chi connectivity index (χ1v) is 11.0. The van der Waals surface area contributed by atoms with Crippen LogP contribution in [0.3, 0.4) is 0 Å². The Hall–Kier alpha value is -2.87. The van der Waals surface area contributed by atoms with Gasteiger partial charge in [0, 0.05) is 38.4 Å². The Morgan fingerprint density at radius 2 is 2.10 bits per heavy atom. The molecule has 0 saturated carbocycles. The van der Waals surface area contributed by atoms with E-state index in [4.69, 9.17) is 4.74 Å². The lowest BCUT2D eigenvalue weighted by molar-refractivity contribution is -0.127. The van der Waals surface area contributed by atoms with Gasteiger partial charge in [0.2, 0.25) is 5.91 Å². The molecular formula is C23H31N5O3. The molecule has 1 fully saturated rings. The fourth-order valence-corrected chi connectivity index (χ4v) is 4.07. The van der Waals surface area contributed by atoms with E-state index in [1.165, 1.54) is 5.56 Å². The minimum atomic E-state index is -0.383. The van der Waals surface area contributed by atoms with Crippen LogP contribution in [0.25, 0.3) is 0 Å². The Bertz CT molecular complexity index is 954. The summed E-state index contributed by atoms with van der Waals surface area (Å²) in [5, 5.41) is 7.43. The standard InChI is InChI=1S/C23H31N5O3/c1-16(2)28-9-8-19(25-28)23(30)27-11-10-26(3)20(15-27)22(29)24-14-17-6-7-21-18(13-17)5-4-12-31-21/h6-9,13,16,20H,4-5,10-12,14-15H2,1-3H3,(H,24,29)/t20-/m0/s1. The number of likely N-dealkylation sites (N-methyl/N-ethyl adjacent to an activating group) is 1. The van der Waals surface area contributed by atoms with E-state index in [0.717, 1.165) is 30.8 Å². The van der Waals surface area contributed by atoms with Crippen molar-refractivity contribution in [2.24, 2.45) is 0 Å². The average Bonchev–Trinajstić information content (AvgIpc) is 3.28. The number of hydrogen-bond donors (Lipinski definition) is 1. The molecule has 1 aromatic heterocycles. The van der Waals surface area contributed by atoms with E-state index in [1.807, 2.05) is 44.1 Å². The summed E-state index contributed by atoms with van der Waals surface area (Å²) in [6.45, 7) is 6.85. The zero-order chi connectivity index (χ0) is 22.0. The molecule has 8 heteroatoms. The second kappa shape index (κ2) is 9.09. The number of amides is 2. The highest BCUT2D eigenvalue weighted by Gasteiger charge is 2.33. The topological polar surface area (TPSA) is 79.7 Å². The van der Waals surface area contributed by atoms with E-state index < -0.39 is 0 Å². The van der Waals surface area contributed by atoms with E-state index >= 15 is 0 Å². The maximum absolute atomic E-state index is 12.9. The van der Waals surface area contributed by atoms with Gasteiger partial charge in [0.15, 0.2) is 0 Å². The minimum Gasteiger partial charge on any atom is -0.493 e. The lowest BCUT2D eigenvalue weighted by atomic mass is 10.0. The van der Waals surface area contributed by atoms with Crippen molar-refractivity contribution >= 4 is 11.8 Å². The predicted molar refractivity (Wildman–Crippen MR) is 117 cm³/mol. The summed E-state index contributed by atoms with van der Waals surface area (Å²) < 4.78 is 7.44. The van der Waals surface area contributed by atoms with Crippen LogP contribution in [-0.4, -0.2) is 70.7 Å². The van der Waals surface area contributed by atoms with Crippen molar-refractivity contribution < 1.29 is 14.3 Å². The quantitative estimate of drug-likeness (QED) is 0.791.